The molecular weight excluding hydrogens is 472 g/mol. The molecule has 3 heterocycles. The molecule has 1 aliphatic heterocycles. The number of carbonyl (C=O) groups is 1. The van der Waals surface area contributed by atoms with Crippen molar-refractivity contribution in [2.24, 2.45) is 0 Å². The van der Waals surface area contributed by atoms with Gasteiger partial charge in [0, 0.05) is 42.6 Å². The van der Waals surface area contributed by atoms with E-state index in [0.717, 1.165) is 48.0 Å². The number of pyridine rings is 1. The molecule has 0 atom stereocenters. The SMILES string of the molecule is CCc1nc2cc(OC)ccn2c1C(=O)NCc1ccc(N2CCC(c3ccc(Cl)cc3)CC2)cc1. The van der Waals surface area contributed by atoms with E-state index in [1.54, 1.807) is 7.11 Å². The summed E-state index contributed by atoms with van der Waals surface area (Å²) in [6, 6.07) is 20.4. The number of nitrogens with one attached hydrogen (secondary N) is 1. The third kappa shape index (κ3) is 5.05. The number of ether oxygens (including phenoxy) is 1. The van der Waals surface area contributed by atoms with Crippen LogP contribution in [0.15, 0.2) is 66.9 Å². The lowest BCUT2D eigenvalue weighted by atomic mass is 9.89. The number of nitrogens with zero attached hydrogens (tertiary/aromatic N) is 3. The summed E-state index contributed by atoms with van der Waals surface area (Å²) in [6.45, 7) is 4.53. The van der Waals surface area contributed by atoms with Gasteiger partial charge in [0.05, 0.1) is 12.8 Å². The van der Waals surface area contributed by atoms with Crippen LogP contribution in [0, 0.1) is 0 Å². The van der Waals surface area contributed by atoms with Gasteiger partial charge in [-0.15, -0.1) is 0 Å². The molecule has 0 unspecified atom stereocenters. The van der Waals surface area contributed by atoms with Crippen molar-refractivity contribution in [3.8, 4) is 5.75 Å². The van der Waals surface area contributed by atoms with Crippen molar-refractivity contribution in [1.29, 1.82) is 0 Å². The van der Waals surface area contributed by atoms with Gasteiger partial charge in [-0.1, -0.05) is 42.8 Å². The maximum atomic E-state index is 13.1. The number of piperidine rings is 1. The molecule has 1 saturated heterocycles. The molecule has 5 rings (SSSR count). The van der Waals surface area contributed by atoms with Crippen LogP contribution in [0.5, 0.6) is 5.75 Å². The molecule has 186 valence electrons. The monoisotopic (exact) mass is 502 g/mol. The maximum Gasteiger partial charge on any atom is 0.270 e. The van der Waals surface area contributed by atoms with Crippen LogP contribution < -0.4 is 15.0 Å². The van der Waals surface area contributed by atoms with E-state index < -0.39 is 0 Å². The van der Waals surface area contributed by atoms with Crippen LogP contribution in [0.4, 0.5) is 5.69 Å². The molecular formula is C29H31ClN4O2. The number of fused-ring (bicyclic) bond motifs is 1. The quantitative estimate of drug-likeness (QED) is 0.343. The average molecular weight is 503 g/mol. The molecule has 36 heavy (non-hydrogen) atoms. The number of methoxy groups -OCH3 is 1. The van der Waals surface area contributed by atoms with Crippen molar-refractivity contribution >= 4 is 28.8 Å². The van der Waals surface area contributed by atoms with E-state index in [9.17, 15) is 4.79 Å². The second kappa shape index (κ2) is 10.6. The molecule has 1 N–H and O–H groups in total. The molecule has 0 aliphatic carbocycles. The van der Waals surface area contributed by atoms with Gasteiger partial charge >= 0.3 is 0 Å². The first-order valence-electron chi connectivity index (χ1n) is 12.5. The lowest BCUT2D eigenvalue weighted by Crippen LogP contribution is -2.32. The number of halogens is 1. The summed E-state index contributed by atoms with van der Waals surface area (Å²) < 4.78 is 7.12. The number of aromatic nitrogens is 2. The van der Waals surface area contributed by atoms with Crippen molar-refractivity contribution in [2.75, 3.05) is 25.1 Å². The van der Waals surface area contributed by atoms with Gasteiger partial charge in [0.25, 0.3) is 5.91 Å². The van der Waals surface area contributed by atoms with Crippen LogP contribution in [0.1, 0.15) is 53.0 Å². The highest BCUT2D eigenvalue weighted by atomic mass is 35.5. The van der Waals surface area contributed by atoms with Gasteiger partial charge in [-0.25, -0.2) is 4.98 Å². The first-order chi connectivity index (χ1) is 17.6. The van der Waals surface area contributed by atoms with E-state index in [4.69, 9.17) is 16.3 Å². The summed E-state index contributed by atoms with van der Waals surface area (Å²) in [5.41, 5.74) is 5.73. The largest absolute Gasteiger partial charge is 0.497 e. The Morgan fingerprint density at radius 1 is 1.08 bits per heavy atom. The van der Waals surface area contributed by atoms with Gasteiger partial charge in [0.15, 0.2) is 0 Å². The third-order valence-corrected chi connectivity index (χ3v) is 7.30. The minimum atomic E-state index is -0.127. The van der Waals surface area contributed by atoms with Gasteiger partial charge < -0.3 is 15.0 Å². The number of aryl methyl sites for hydroxylation is 1. The van der Waals surface area contributed by atoms with Gasteiger partial charge in [0.2, 0.25) is 0 Å². The smallest absolute Gasteiger partial charge is 0.270 e. The Bertz CT molecular complexity index is 1340. The number of benzene rings is 2. The standard InChI is InChI=1S/C29H31ClN4O2/c1-3-26-28(34-17-14-25(36-2)18-27(34)32-26)29(35)31-19-20-4-10-24(11-5-20)33-15-12-22(13-16-33)21-6-8-23(30)9-7-21/h4-11,14,17-18,22H,3,12-13,15-16,19H2,1-2H3,(H,31,35). The summed E-state index contributed by atoms with van der Waals surface area (Å²) >= 11 is 6.04. The summed E-state index contributed by atoms with van der Waals surface area (Å²) in [5.74, 6) is 1.18. The lowest BCUT2D eigenvalue weighted by Gasteiger charge is -2.34. The third-order valence-electron chi connectivity index (χ3n) is 7.05. The summed E-state index contributed by atoms with van der Waals surface area (Å²) in [5, 5.41) is 3.86. The highest BCUT2D eigenvalue weighted by Gasteiger charge is 2.21. The molecule has 2 aromatic heterocycles. The Labute approximate surface area is 216 Å². The minimum Gasteiger partial charge on any atom is -0.497 e. The zero-order chi connectivity index (χ0) is 25.1. The van der Waals surface area contributed by atoms with Crippen molar-refractivity contribution < 1.29 is 9.53 Å². The normalized spacial score (nSPS) is 14.2. The summed E-state index contributed by atoms with van der Waals surface area (Å²) in [4.78, 5) is 20.1. The number of hydrogen-bond acceptors (Lipinski definition) is 4. The molecule has 0 bridgehead atoms. The summed E-state index contributed by atoms with van der Waals surface area (Å²) in [7, 11) is 1.62. The number of amides is 1. The molecule has 0 radical (unpaired) electrons. The van der Waals surface area contributed by atoms with Gasteiger partial charge in [0.1, 0.15) is 17.1 Å². The van der Waals surface area contributed by atoms with Crippen molar-refractivity contribution in [3.05, 3.63) is 94.4 Å². The van der Waals surface area contributed by atoms with E-state index >= 15 is 0 Å². The molecule has 0 spiro atoms. The fourth-order valence-corrected chi connectivity index (χ4v) is 5.11. The van der Waals surface area contributed by atoms with E-state index in [1.165, 1.54) is 11.3 Å². The second-order valence-corrected chi connectivity index (χ2v) is 9.65. The molecule has 1 fully saturated rings. The molecule has 0 saturated carbocycles. The number of anilines is 1. The Kier molecular flexibility index (Phi) is 7.14. The van der Waals surface area contributed by atoms with E-state index in [0.29, 0.717) is 30.2 Å². The predicted molar refractivity (Wildman–Crippen MR) is 144 cm³/mol. The fraction of sp³-hybridized carbons (Fsp3) is 0.310. The first-order valence-corrected chi connectivity index (χ1v) is 12.9. The Morgan fingerprint density at radius 3 is 2.47 bits per heavy atom. The number of hydrogen-bond donors (Lipinski definition) is 1. The van der Waals surface area contributed by atoms with E-state index in [2.05, 4.69) is 51.6 Å². The van der Waals surface area contributed by atoms with Crippen molar-refractivity contribution in [3.63, 3.8) is 0 Å². The Hall–Kier alpha value is -3.51. The van der Waals surface area contributed by atoms with Crippen LogP contribution in [0.2, 0.25) is 5.02 Å². The summed E-state index contributed by atoms with van der Waals surface area (Å²) in [6.07, 6.45) is 4.77. The van der Waals surface area contributed by atoms with Crippen LogP contribution in [-0.2, 0) is 13.0 Å². The van der Waals surface area contributed by atoms with Crippen LogP contribution in [0.3, 0.4) is 0 Å². The molecule has 1 amide bonds. The predicted octanol–water partition coefficient (Wildman–Crippen LogP) is 5.87. The number of rotatable bonds is 7. The molecule has 4 aromatic rings. The Morgan fingerprint density at radius 2 is 1.81 bits per heavy atom. The van der Waals surface area contributed by atoms with Crippen LogP contribution in [0.25, 0.3) is 5.65 Å². The molecule has 7 heteroatoms. The van der Waals surface area contributed by atoms with Crippen molar-refractivity contribution in [1.82, 2.24) is 14.7 Å². The highest BCUT2D eigenvalue weighted by molar-refractivity contribution is 6.30. The fourth-order valence-electron chi connectivity index (χ4n) is 4.99. The zero-order valence-electron chi connectivity index (χ0n) is 20.7. The lowest BCUT2D eigenvalue weighted by molar-refractivity contribution is 0.0944. The van der Waals surface area contributed by atoms with Gasteiger partial charge in [-0.3, -0.25) is 9.20 Å². The van der Waals surface area contributed by atoms with Crippen LogP contribution >= 0.6 is 11.6 Å². The van der Waals surface area contributed by atoms with E-state index in [1.807, 2.05) is 41.8 Å². The van der Waals surface area contributed by atoms with Gasteiger partial charge in [-0.05, 0) is 66.6 Å². The number of carbonyl (C=O) groups excluding carboxylic acids is 1. The van der Waals surface area contributed by atoms with E-state index in [-0.39, 0.29) is 5.91 Å². The molecule has 6 nitrogen and oxygen atoms in total. The molecule has 2 aromatic carbocycles. The zero-order valence-corrected chi connectivity index (χ0v) is 21.5. The Balaban J connectivity index is 1.19. The number of imidazole rings is 1. The first kappa shape index (κ1) is 24.2. The average Bonchev–Trinajstić information content (AvgIpc) is 3.30. The maximum absolute atomic E-state index is 13.1. The second-order valence-electron chi connectivity index (χ2n) is 9.22. The van der Waals surface area contributed by atoms with Gasteiger partial charge in [-0.2, -0.15) is 0 Å². The van der Waals surface area contributed by atoms with Crippen LogP contribution in [-0.4, -0.2) is 35.5 Å². The highest BCUT2D eigenvalue weighted by Crippen LogP contribution is 2.31. The molecule has 1 aliphatic rings. The topological polar surface area (TPSA) is 58.9 Å². The van der Waals surface area contributed by atoms with Crippen molar-refractivity contribution in [2.45, 2.75) is 38.6 Å². The minimum absolute atomic E-state index is 0.127.